The number of non-ortho nitro benzene ring substituents is 2. The van der Waals surface area contributed by atoms with E-state index >= 15 is 0 Å². The Hall–Kier alpha value is -2.47. The van der Waals surface area contributed by atoms with Gasteiger partial charge in [0.2, 0.25) is 0 Å². The Morgan fingerprint density at radius 2 is 1.05 bits per heavy atom. The van der Waals surface area contributed by atoms with E-state index in [1.54, 1.807) is 0 Å². The van der Waals surface area contributed by atoms with E-state index in [0.29, 0.717) is 0 Å². The van der Waals surface area contributed by atoms with Crippen molar-refractivity contribution in [1.29, 1.82) is 0 Å². The molecule has 0 saturated carbocycles. The Bertz CT molecular complexity index is 516. The highest BCUT2D eigenvalue weighted by Gasteiger charge is 2.15. The van der Waals surface area contributed by atoms with E-state index in [4.69, 9.17) is 11.6 Å². The molecule has 0 unspecified atom stereocenters. The number of rotatable bonds is 2. The van der Waals surface area contributed by atoms with Gasteiger partial charge in [0.05, 0.1) is 20.9 Å². The van der Waals surface area contributed by atoms with Gasteiger partial charge in [0.25, 0.3) is 11.4 Å². The van der Waals surface area contributed by atoms with Crippen LogP contribution in [0.5, 0.6) is 0 Å². The Balaban J connectivity index is 0.000000250. The average Bonchev–Trinajstić information content (AvgIpc) is 2.40. The Kier molecular flexibility index (Phi) is 5.43. The van der Waals surface area contributed by atoms with Crippen molar-refractivity contribution in [1.82, 2.24) is 0 Å². The number of nitrogens with zero attached hydrogens (tertiary/aromatic N) is 2. The van der Waals surface area contributed by atoms with E-state index in [9.17, 15) is 20.2 Å². The molecule has 2 aromatic rings. The summed E-state index contributed by atoms with van der Waals surface area (Å²) in [6.07, 6.45) is 0. The van der Waals surface area contributed by atoms with Crippen LogP contribution in [-0.4, -0.2) is 9.85 Å². The van der Waals surface area contributed by atoms with Crippen molar-refractivity contribution < 1.29 is 9.85 Å². The summed E-state index contributed by atoms with van der Waals surface area (Å²) in [5.74, 6) is 0. The second kappa shape index (κ2) is 7.07. The van der Waals surface area contributed by atoms with Crippen LogP contribution in [-0.2, 0) is 0 Å². The second-order valence-corrected chi connectivity index (χ2v) is 3.77. The van der Waals surface area contributed by atoms with Gasteiger partial charge in [-0.05, 0) is 0 Å². The van der Waals surface area contributed by atoms with Crippen molar-refractivity contribution in [3.8, 4) is 0 Å². The first-order chi connectivity index (χ1) is 9.00. The van der Waals surface area contributed by atoms with Gasteiger partial charge in [0, 0.05) is 12.1 Å². The normalized spacial score (nSPS) is 9.11. The fourth-order valence-electron chi connectivity index (χ4n) is 1.15. The Morgan fingerprint density at radius 1 is 0.737 bits per heavy atom. The summed E-state index contributed by atoms with van der Waals surface area (Å²) in [6.45, 7) is 0. The molecule has 0 aliphatic rings. The molecule has 0 aromatic heterocycles. The third-order valence-corrected chi connectivity index (χ3v) is 2.17. The number of halogens is 1. The Morgan fingerprint density at radius 3 is 1.32 bits per heavy atom. The van der Waals surface area contributed by atoms with E-state index in [1.807, 2.05) is 36.4 Å². The number of benzene rings is 2. The smallest absolute Gasteiger partial charge is 0.258 e. The van der Waals surface area contributed by atoms with Crippen LogP contribution < -0.4 is 0 Å². The van der Waals surface area contributed by atoms with Crippen molar-refractivity contribution in [3.63, 3.8) is 0 Å². The van der Waals surface area contributed by atoms with Crippen molar-refractivity contribution in [2.24, 2.45) is 0 Å². The molecule has 0 aliphatic carbocycles. The van der Waals surface area contributed by atoms with Gasteiger partial charge in [-0.25, -0.2) is 0 Å². The van der Waals surface area contributed by atoms with Crippen LogP contribution in [0.2, 0.25) is 5.02 Å². The summed E-state index contributed by atoms with van der Waals surface area (Å²) in [7, 11) is 0. The maximum Gasteiger partial charge on any atom is 0.277 e. The summed E-state index contributed by atoms with van der Waals surface area (Å²) >= 11 is 5.43. The maximum absolute atomic E-state index is 10.3. The summed E-state index contributed by atoms with van der Waals surface area (Å²) in [5.41, 5.74) is -0.779. The topological polar surface area (TPSA) is 86.3 Å². The predicted octanol–water partition coefficient (Wildman–Crippen LogP) is 3.84. The van der Waals surface area contributed by atoms with Gasteiger partial charge in [-0.2, -0.15) is 0 Å². The van der Waals surface area contributed by atoms with Gasteiger partial charge >= 0.3 is 0 Å². The lowest BCUT2D eigenvalue weighted by molar-refractivity contribution is -0.394. The van der Waals surface area contributed by atoms with Crippen molar-refractivity contribution in [3.05, 3.63) is 79.8 Å². The van der Waals surface area contributed by atoms with Crippen LogP contribution in [0, 0.1) is 20.2 Å². The molecule has 0 spiro atoms. The van der Waals surface area contributed by atoms with Crippen LogP contribution in [0.25, 0.3) is 0 Å². The zero-order valence-corrected chi connectivity index (χ0v) is 10.4. The van der Waals surface area contributed by atoms with Gasteiger partial charge in [-0.15, -0.1) is 0 Å². The third-order valence-electron chi connectivity index (χ3n) is 1.96. The number of nitro groups is 2. The molecule has 0 radical (unpaired) electrons. The molecule has 0 N–H and O–H groups in total. The zero-order valence-electron chi connectivity index (χ0n) is 9.60. The lowest BCUT2D eigenvalue weighted by atomic mass is 10.3. The van der Waals surface area contributed by atoms with Crippen LogP contribution in [0.1, 0.15) is 0 Å². The molecule has 0 heterocycles. The van der Waals surface area contributed by atoms with Gasteiger partial charge in [-0.3, -0.25) is 20.2 Å². The van der Waals surface area contributed by atoms with E-state index in [1.165, 1.54) is 0 Å². The van der Waals surface area contributed by atoms with E-state index in [0.717, 1.165) is 18.2 Å². The fourth-order valence-corrected chi connectivity index (χ4v) is 1.38. The highest BCUT2D eigenvalue weighted by molar-refractivity contribution is 6.31. The van der Waals surface area contributed by atoms with Gasteiger partial charge in [0.15, 0.2) is 0 Å². The maximum atomic E-state index is 10.3. The molecular formula is C12H9ClN2O4. The SMILES string of the molecule is O=[N+]([O-])c1cc(Cl)cc([N+](=O)[O-])c1.c1ccccc1. The predicted molar refractivity (Wildman–Crippen MR) is 71.2 cm³/mol. The number of hydrogen-bond donors (Lipinski definition) is 0. The van der Waals surface area contributed by atoms with Crippen LogP contribution in [0.15, 0.2) is 54.6 Å². The molecule has 0 saturated heterocycles. The summed E-state index contributed by atoms with van der Waals surface area (Å²) in [5, 5.41) is 20.5. The molecule has 2 aromatic carbocycles. The van der Waals surface area contributed by atoms with Crippen LogP contribution >= 0.6 is 11.6 Å². The molecule has 2 rings (SSSR count). The lowest BCUT2D eigenvalue weighted by Crippen LogP contribution is -1.92. The molecular weight excluding hydrogens is 272 g/mol. The molecule has 0 atom stereocenters. The molecule has 0 aliphatic heterocycles. The average molecular weight is 281 g/mol. The summed E-state index contributed by atoms with van der Waals surface area (Å²) in [6, 6.07) is 15.0. The second-order valence-electron chi connectivity index (χ2n) is 3.34. The first-order valence-electron chi connectivity index (χ1n) is 5.10. The number of nitro benzene ring substituents is 2. The molecule has 0 fully saturated rings. The fraction of sp³-hybridized carbons (Fsp3) is 0. The van der Waals surface area contributed by atoms with Crippen molar-refractivity contribution in [2.45, 2.75) is 0 Å². The molecule has 0 amide bonds. The lowest BCUT2D eigenvalue weighted by Gasteiger charge is -1.93. The van der Waals surface area contributed by atoms with Crippen molar-refractivity contribution in [2.75, 3.05) is 0 Å². The summed E-state index contributed by atoms with van der Waals surface area (Å²) < 4.78 is 0. The molecule has 98 valence electrons. The highest BCUT2D eigenvalue weighted by atomic mass is 35.5. The largest absolute Gasteiger partial charge is 0.277 e. The minimum atomic E-state index is -0.737. The third kappa shape index (κ3) is 5.13. The van der Waals surface area contributed by atoms with Gasteiger partial charge in [0.1, 0.15) is 0 Å². The van der Waals surface area contributed by atoms with E-state index in [2.05, 4.69) is 0 Å². The minimum Gasteiger partial charge on any atom is -0.258 e. The van der Waals surface area contributed by atoms with E-state index in [-0.39, 0.29) is 16.4 Å². The molecule has 0 bridgehead atoms. The van der Waals surface area contributed by atoms with Gasteiger partial charge in [-0.1, -0.05) is 48.0 Å². The quantitative estimate of drug-likeness (QED) is 0.617. The summed E-state index contributed by atoms with van der Waals surface area (Å²) in [4.78, 5) is 19.0. The van der Waals surface area contributed by atoms with Crippen molar-refractivity contribution >= 4 is 23.0 Å². The first kappa shape index (κ1) is 14.6. The Labute approximate surface area is 113 Å². The van der Waals surface area contributed by atoms with E-state index < -0.39 is 9.85 Å². The number of hydrogen-bond acceptors (Lipinski definition) is 4. The van der Waals surface area contributed by atoms with Gasteiger partial charge < -0.3 is 0 Å². The first-order valence-corrected chi connectivity index (χ1v) is 5.48. The van der Waals surface area contributed by atoms with Crippen LogP contribution in [0.3, 0.4) is 0 Å². The minimum absolute atomic E-state index is 0.0269. The zero-order chi connectivity index (χ0) is 14.3. The molecule has 7 heteroatoms. The molecule has 6 nitrogen and oxygen atoms in total. The molecule has 19 heavy (non-hydrogen) atoms. The highest BCUT2D eigenvalue weighted by Crippen LogP contribution is 2.25. The monoisotopic (exact) mass is 280 g/mol. The standard InChI is InChI=1S/C6H3ClN2O4.C6H6/c7-4-1-5(8(10)11)3-6(2-4)9(12)13;1-2-4-6-5-3-1/h1-3H;1-6H. The van der Waals surface area contributed by atoms with Crippen LogP contribution in [0.4, 0.5) is 11.4 Å².